The van der Waals surface area contributed by atoms with Gasteiger partial charge in [0.25, 0.3) is 0 Å². The third kappa shape index (κ3) is 8.08. The summed E-state index contributed by atoms with van der Waals surface area (Å²) in [6.45, 7) is 20.2. The van der Waals surface area contributed by atoms with Gasteiger partial charge in [0.1, 0.15) is 0 Å². The zero-order valence-electron chi connectivity index (χ0n) is 17.9. The first-order valence-electron chi connectivity index (χ1n) is 9.92. The smallest absolute Gasteiger partial charge is 0.312 e. The Labute approximate surface area is 159 Å². The average molecular weight is 421 g/mol. The Bertz CT molecular complexity index is 462. The largest absolute Gasteiger partial charge is 0.437 e. The van der Waals surface area contributed by atoms with Gasteiger partial charge < -0.3 is 17.1 Å². The monoisotopic (exact) mass is 420 g/mol. The number of rotatable bonds is 9. The predicted octanol–water partition coefficient (Wildman–Crippen LogP) is 5.44. The molecule has 0 aromatic heterocycles. The van der Waals surface area contributed by atoms with Crippen LogP contribution >= 0.6 is 0 Å². The maximum absolute atomic E-state index is 6.70. The molecule has 3 atom stereocenters. The lowest BCUT2D eigenvalue weighted by Gasteiger charge is -2.40. The van der Waals surface area contributed by atoms with Crippen LogP contribution in [0.25, 0.3) is 0 Å². The van der Waals surface area contributed by atoms with Gasteiger partial charge in [-0.2, -0.15) is 0 Å². The van der Waals surface area contributed by atoms with E-state index in [2.05, 4.69) is 58.9 Å². The summed E-state index contributed by atoms with van der Waals surface area (Å²) >= 11 is 0. The molecule has 0 radical (unpaired) electrons. The molecule has 1 aliphatic heterocycles. The van der Waals surface area contributed by atoms with Crippen LogP contribution in [0.5, 0.6) is 0 Å². The van der Waals surface area contributed by atoms with Crippen LogP contribution in [-0.2, 0) is 17.1 Å². The van der Waals surface area contributed by atoms with E-state index in [4.69, 9.17) is 17.1 Å². The third-order valence-electron chi connectivity index (χ3n) is 4.83. The topological polar surface area (TPSA) is 40.2 Å². The van der Waals surface area contributed by atoms with Crippen molar-refractivity contribution in [2.75, 3.05) is 0 Å². The Morgan fingerprint density at radius 1 is 0.760 bits per heavy atom. The lowest BCUT2D eigenvalue weighted by molar-refractivity contribution is 0.324. The van der Waals surface area contributed by atoms with Gasteiger partial charge in [-0.25, -0.2) is 0 Å². The maximum atomic E-state index is 6.70. The van der Waals surface area contributed by atoms with Gasteiger partial charge in [0, 0.05) is 0 Å². The van der Waals surface area contributed by atoms with Crippen molar-refractivity contribution in [1.82, 2.24) is 0 Å². The van der Waals surface area contributed by atoms with E-state index in [1.807, 2.05) is 0 Å². The van der Waals surface area contributed by atoms with Crippen LogP contribution in [0.15, 0.2) is 0 Å². The molecule has 1 saturated carbocycles. The van der Waals surface area contributed by atoms with Crippen molar-refractivity contribution in [3.05, 3.63) is 0 Å². The zero-order chi connectivity index (χ0) is 19.1. The van der Waals surface area contributed by atoms with Crippen LogP contribution < -0.4 is 0 Å². The Morgan fingerprint density at radius 2 is 1.36 bits per heavy atom. The molecule has 0 aromatic carbocycles. The Morgan fingerprint density at radius 3 is 1.92 bits per heavy atom. The van der Waals surface area contributed by atoms with Crippen molar-refractivity contribution in [1.29, 1.82) is 0 Å². The molecule has 0 spiro atoms. The molecule has 0 bridgehead atoms. The Hall–Kier alpha value is 0.708. The number of hydrogen-bond acceptors (Lipinski definition) is 4. The first-order chi connectivity index (χ1) is 11.2. The number of ether oxygens (including phenoxy) is 1. The van der Waals surface area contributed by atoms with Crippen molar-refractivity contribution in [3.63, 3.8) is 0 Å². The molecule has 1 heterocycles. The van der Waals surface area contributed by atoms with Crippen molar-refractivity contribution >= 4 is 33.8 Å². The van der Waals surface area contributed by atoms with Gasteiger partial charge in [-0.05, 0) is 90.1 Å². The molecule has 2 rings (SSSR count). The highest BCUT2D eigenvalue weighted by Gasteiger charge is 2.45. The summed E-state index contributed by atoms with van der Waals surface area (Å²) in [6, 6.07) is 1.23. The van der Waals surface area contributed by atoms with E-state index in [1.54, 1.807) is 0 Å². The molecule has 3 unspecified atom stereocenters. The van der Waals surface area contributed by atoms with Gasteiger partial charge >= 0.3 is 17.1 Å². The molecule has 1 saturated heterocycles. The van der Waals surface area contributed by atoms with Gasteiger partial charge in [-0.3, -0.25) is 0 Å². The summed E-state index contributed by atoms with van der Waals surface area (Å²) < 4.78 is 25.3. The van der Waals surface area contributed by atoms with Gasteiger partial charge in [0.05, 0.1) is 12.2 Å². The maximum Gasteiger partial charge on any atom is 0.312 e. The van der Waals surface area contributed by atoms with E-state index < -0.39 is 33.8 Å². The van der Waals surface area contributed by atoms with Crippen LogP contribution in [0.4, 0.5) is 0 Å². The SMILES string of the molecule is C[Si](C)(C)O[Si](C)(C)O[Si](C)(C)O[Si](C)(C)CCC1CCC2OC2C1. The van der Waals surface area contributed by atoms with Crippen LogP contribution in [0.2, 0.25) is 65.0 Å². The van der Waals surface area contributed by atoms with E-state index in [0.717, 1.165) is 5.92 Å². The summed E-state index contributed by atoms with van der Waals surface area (Å²) in [5, 5.41) is 0. The fraction of sp³-hybridized carbons (Fsp3) is 1.00. The van der Waals surface area contributed by atoms with Gasteiger partial charge in [-0.15, -0.1) is 0 Å². The standard InChI is InChI=1S/C17H40O4Si4/c1-22(2,3)19-24(6,7)21-25(8,9)20-23(4,5)13-12-15-10-11-16-17(14-15)18-16/h15-17H,10-14H2,1-9H3. The van der Waals surface area contributed by atoms with Gasteiger partial charge in [0.2, 0.25) is 0 Å². The molecule has 148 valence electrons. The van der Waals surface area contributed by atoms with Crippen LogP contribution in [0.3, 0.4) is 0 Å². The highest BCUT2D eigenvalue weighted by Crippen LogP contribution is 2.41. The predicted molar refractivity (Wildman–Crippen MR) is 114 cm³/mol. The van der Waals surface area contributed by atoms with Crippen LogP contribution in [0, 0.1) is 5.92 Å². The van der Waals surface area contributed by atoms with Crippen LogP contribution in [0.1, 0.15) is 25.7 Å². The lowest BCUT2D eigenvalue weighted by Crippen LogP contribution is -2.55. The van der Waals surface area contributed by atoms with Crippen LogP contribution in [-0.4, -0.2) is 46.0 Å². The fourth-order valence-corrected chi connectivity index (χ4v) is 22.9. The molecule has 25 heavy (non-hydrogen) atoms. The summed E-state index contributed by atoms with van der Waals surface area (Å²) in [5.41, 5.74) is 0. The minimum Gasteiger partial charge on any atom is -0.437 e. The molecule has 0 amide bonds. The minimum atomic E-state index is -2.17. The summed E-state index contributed by atoms with van der Waals surface area (Å²) in [6.07, 6.45) is 6.38. The van der Waals surface area contributed by atoms with Gasteiger partial charge in [-0.1, -0.05) is 6.42 Å². The first-order valence-corrected chi connectivity index (χ1v) is 22.1. The van der Waals surface area contributed by atoms with Crippen molar-refractivity contribution in [3.8, 4) is 0 Å². The highest BCUT2D eigenvalue weighted by atomic mass is 28.5. The summed E-state index contributed by atoms with van der Waals surface area (Å²) in [4.78, 5) is 0. The second-order valence-electron chi connectivity index (χ2n) is 10.4. The quantitative estimate of drug-likeness (QED) is 0.368. The molecule has 0 N–H and O–H groups in total. The first kappa shape index (κ1) is 22.0. The lowest BCUT2D eigenvalue weighted by atomic mass is 9.88. The summed E-state index contributed by atoms with van der Waals surface area (Å²) in [7, 11) is -7.60. The van der Waals surface area contributed by atoms with Crippen molar-refractivity contribution < 1.29 is 17.1 Å². The third-order valence-corrected chi connectivity index (χ3v) is 18.9. The van der Waals surface area contributed by atoms with E-state index in [0.29, 0.717) is 12.2 Å². The van der Waals surface area contributed by atoms with E-state index in [-0.39, 0.29) is 0 Å². The Balaban J connectivity index is 1.81. The van der Waals surface area contributed by atoms with Crippen molar-refractivity contribution in [2.45, 2.75) is 103 Å². The van der Waals surface area contributed by atoms with E-state index >= 15 is 0 Å². The molecule has 8 heteroatoms. The highest BCUT2D eigenvalue weighted by molar-refractivity contribution is 6.89. The summed E-state index contributed by atoms with van der Waals surface area (Å²) in [5.74, 6) is 0.839. The molecule has 4 nitrogen and oxygen atoms in total. The number of fused-ring (bicyclic) bond motifs is 1. The average Bonchev–Trinajstić information content (AvgIpc) is 3.08. The molecular weight excluding hydrogens is 381 g/mol. The zero-order valence-corrected chi connectivity index (χ0v) is 21.9. The van der Waals surface area contributed by atoms with Crippen molar-refractivity contribution in [2.24, 2.45) is 5.92 Å². The molecule has 2 aliphatic rings. The van der Waals surface area contributed by atoms with Gasteiger partial charge in [0.15, 0.2) is 16.6 Å². The Kier molecular flexibility index (Phi) is 6.70. The molecule has 0 aromatic rings. The number of epoxide rings is 1. The normalized spacial score (nSPS) is 28.0. The molecule has 1 aliphatic carbocycles. The molecule has 2 fully saturated rings. The second kappa shape index (κ2) is 7.61. The molecular formula is C17H40O4Si4. The van der Waals surface area contributed by atoms with E-state index in [9.17, 15) is 0 Å². The second-order valence-corrected chi connectivity index (χ2v) is 26.7. The minimum absolute atomic E-state index is 0.587. The van der Waals surface area contributed by atoms with E-state index in [1.165, 1.54) is 31.7 Å². The number of hydrogen-bond donors (Lipinski definition) is 0. The fourth-order valence-electron chi connectivity index (χ4n) is 4.39.